The third-order valence-corrected chi connectivity index (χ3v) is 4.30. The lowest BCUT2D eigenvalue weighted by molar-refractivity contribution is 0.0691. The van der Waals surface area contributed by atoms with E-state index in [1.54, 1.807) is 17.4 Å². The second-order valence-electron chi connectivity index (χ2n) is 4.23. The van der Waals surface area contributed by atoms with Crippen molar-refractivity contribution < 1.29 is 9.90 Å². The first-order valence-electron chi connectivity index (χ1n) is 5.47. The van der Waals surface area contributed by atoms with Gasteiger partial charge in [-0.15, -0.1) is 11.3 Å². The summed E-state index contributed by atoms with van der Waals surface area (Å²) < 4.78 is 0.958. The average Bonchev–Trinajstić information content (AvgIpc) is 2.91. The summed E-state index contributed by atoms with van der Waals surface area (Å²) in [5.74, 6) is -0.327. The van der Waals surface area contributed by atoms with Gasteiger partial charge in [0, 0.05) is 5.92 Å². The molecule has 0 amide bonds. The highest BCUT2D eigenvalue weighted by Crippen LogP contribution is 2.37. The maximum Gasteiger partial charge on any atom is 0.352 e. The Labute approximate surface area is 96.3 Å². The fraction of sp³-hybridized carbons (Fsp3) is 0.455. The lowest BCUT2D eigenvalue weighted by Crippen LogP contribution is -1.96. The third kappa shape index (κ3) is 1.51. The molecule has 84 valence electrons. The molecule has 1 fully saturated rings. The number of aromatic carboxylic acids is 1. The second-order valence-corrected chi connectivity index (χ2v) is 5.30. The van der Waals surface area contributed by atoms with E-state index in [2.05, 4.69) is 9.97 Å². The van der Waals surface area contributed by atoms with Crippen LogP contribution in [0.5, 0.6) is 0 Å². The van der Waals surface area contributed by atoms with Crippen LogP contribution in [0.25, 0.3) is 10.3 Å². The predicted octanol–water partition coefficient (Wildman–Crippen LogP) is 2.98. The quantitative estimate of drug-likeness (QED) is 0.842. The van der Waals surface area contributed by atoms with E-state index in [9.17, 15) is 4.79 Å². The number of H-pyrrole nitrogens is 1. The minimum absolute atomic E-state index is 0.228. The molecule has 3 rings (SSSR count). The molecule has 0 radical (unpaired) electrons. The molecule has 0 atom stereocenters. The SMILES string of the molecule is O=C(O)c1cc2sc(C3CCCC3)nc2[nH]1. The number of carbonyl (C=O) groups is 1. The Morgan fingerprint density at radius 3 is 2.88 bits per heavy atom. The van der Waals surface area contributed by atoms with E-state index >= 15 is 0 Å². The Morgan fingerprint density at radius 2 is 2.25 bits per heavy atom. The molecule has 0 aromatic carbocycles. The van der Waals surface area contributed by atoms with Crippen molar-refractivity contribution >= 4 is 27.7 Å². The molecule has 1 aliphatic carbocycles. The summed E-state index contributed by atoms with van der Waals surface area (Å²) in [4.78, 5) is 18.1. The van der Waals surface area contributed by atoms with Gasteiger partial charge in [-0.05, 0) is 18.9 Å². The molecular weight excluding hydrogens is 224 g/mol. The van der Waals surface area contributed by atoms with Crippen molar-refractivity contribution in [1.29, 1.82) is 0 Å². The van der Waals surface area contributed by atoms with E-state index in [-0.39, 0.29) is 5.69 Å². The van der Waals surface area contributed by atoms with Gasteiger partial charge in [-0.2, -0.15) is 0 Å². The van der Waals surface area contributed by atoms with Crippen LogP contribution in [0.3, 0.4) is 0 Å². The molecule has 0 aliphatic heterocycles. The largest absolute Gasteiger partial charge is 0.477 e. The van der Waals surface area contributed by atoms with Crippen molar-refractivity contribution in [3.8, 4) is 0 Å². The zero-order valence-electron chi connectivity index (χ0n) is 8.69. The summed E-state index contributed by atoms with van der Waals surface area (Å²) in [6.45, 7) is 0. The van der Waals surface area contributed by atoms with Crippen molar-refractivity contribution in [3.63, 3.8) is 0 Å². The Morgan fingerprint density at radius 1 is 1.50 bits per heavy atom. The molecular formula is C11H12N2O2S. The van der Waals surface area contributed by atoms with E-state index in [1.165, 1.54) is 25.7 Å². The van der Waals surface area contributed by atoms with Gasteiger partial charge in [-0.1, -0.05) is 12.8 Å². The van der Waals surface area contributed by atoms with Gasteiger partial charge in [-0.3, -0.25) is 0 Å². The van der Waals surface area contributed by atoms with Gasteiger partial charge < -0.3 is 10.1 Å². The number of carboxylic acids is 1. The van der Waals surface area contributed by atoms with E-state index < -0.39 is 5.97 Å². The molecule has 2 N–H and O–H groups in total. The first-order chi connectivity index (χ1) is 7.74. The molecule has 2 aromatic rings. The van der Waals surface area contributed by atoms with Crippen LogP contribution in [0, 0.1) is 0 Å². The fourth-order valence-corrected chi connectivity index (χ4v) is 3.43. The Balaban J connectivity index is 1.98. The number of hydrogen-bond acceptors (Lipinski definition) is 3. The molecule has 0 unspecified atom stereocenters. The Hall–Kier alpha value is -1.36. The standard InChI is InChI=1S/C11H12N2O2S/c14-11(15)7-5-8-9(12-7)13-10(16-8)6-3-1-2-4-6/h5-6,12H,1-4H2,(H,14,15). The van der Waals surface area contributed by atoms with Crippen molar-refractivity contribution in [1.82, 2.24) is 9.97 Å². The van der Waals surface area contributed by atoms with Crippen molar-refractivity contribution in [2.24, 2.45) is 0 Å². The van der Waals surface area contributed by atoms with Crippen LogP contribution < -0.4 is 0 Å². The molecule has 0 saturated heterocycles. The minimum Gasteiger partial charge on any atom is -0.477 e. The normalized spacial score (nSPS) is 17.2. The highest BCUT2D eigenvalue weighted by molar-refractivity contribution is 7.18. The number of hydrogen-bond donors (Lipinski definition) is 2. The molecule has 16 heavy (non-hydrogen) atoms. The zero-order chi connectivity index (χ0) is 11.1. The lowest BCUT2D eigenvalue weighted by atomic mass is 10.1. The van der Waals surface area contributed by atoms with E-state index in [0.29, 0.717) is 5.92 Å². The summed E-state index contributed by atoms with van der Waals surface area (Å²) in [6.07, 6.45) is 5.03. The van der Waals surface area contributed by atoms with Crippen LogP contribution >= 0.6 is 11.3 Å². The average molecular weight is 236 g/mol. The first-order valence-corrected chi connectivity index (χ1v) is 6.28. The molecule has 0 spiro atoms. The topological polar surface area (TPSA) is 66.0 Å². The second kappa shape index (κ2) is 3.59. The maximum atomic E-state index is 10.8. The highest BCUT2D eigenvalue weighted by Gasteiger charge is 2.21. The summed E-state index contributed by atoms with van der Waals surface area (Å²) >= 11 is 1.63. The van der Waals surface area contributed by atoms with Gasteiger partial charge in [0.25, 0.3) is 0 Å². The van der Waals surface area contributed by atoms with Gasteiger partial charge >= 0.3 is 5.97 Å². The summed E-state index contributed by atoms with van der Waals surface area (Å²) in [6, 6.07) is 1.67. The number of aromatic amines is 1. The Kier molecular flexibility index (Phi) is 2.21. The van der Waals surface area contributed by atoms with Gasteiger partial charge in [0.1, 0.15) is 11.3 Å². The summed E-state index contributed by atoms with van der Waals surface area (Å²) in [5, 5.41) is 9.99. The van der Waals surface area contributed by atoms with E-state index in [1.807, 2.05) is 0 Å². The zero-order valence-corrected chi connectivity index (χ0v) is 9.51. The number of thiazole rings is 1. The fourth-order valence-electron chi connectivity index (χ4n) is 2.29. The summed E-state index contributed by atoms with van der Waals surface area (Å²) in [5.41, 5.74) is 0.955. The van der Waals surface area contributed by atoms with Gasteiger partial charge in [-0.25, -0.2) is 9.78 Å². The molecule has 1 aliphatic rings. The number of nitrogens with one attached hydrogen (secondary N) is 1. The molecule has 4 nitrogen and oxygen atoms in total. The molecule has 1 saturated carbocycles. The molecule has 5 heteroatoms. The Bertz CT molecular complexity index is 506. The van der Waals surface area contributed by atoms with Crippen LogP contribution in [0.1, 0.15) is 47.1 Å². The lowest BCUT2D eigenvalue weighted by Gasteiger charge is -2.01. The number of carboxylic acid groups (broad SMARTS) is 1. The van der Waals surface area contributed by atoms with Crippen LogP contribution in [0.2, 0.25) is 0 Å². The van der Waals surface area contributed by atoms with Crippen LogP contribution in [-0.2, 0) is 0 Å². The van der Waals surface area contributed by atoms with E-state index in [4.69, 9.17) is 5.11 Å². The third-order valence-electron chi connectivity index (χ3n) is 3.13. The molecule has 2 aromatic heterocycles. The highest BCUT2D eigenvalue weighted by atomic mass is 32.1. The van der Waals surface area contributed by atoms with Crippen molar-refractivity contribution in [2.75, 3.05) is 0 Å². The monoisotopic (exact) mass is 236 g/mol. The molecule has 0 bridgehead atoms. The van der Waals surface area contributed by atoms with Crippen LogP contribution in [-0.4, -0.2) is 21.0 Å². The van der Waals surface area contributed by atoms with Crippen LogP contribution in [0.4, 0.5) is 0 Å². The first kappa shape index (κ1) is 9.84. The van der Waals surface area contributed by atoms with Gasteiger partial charge in [0.2, 0.25) is 0 Å². The van der Waals surface area contributed by atoms with Gasteiger partial charge in [0.05, 0.1) is 9.71 Å². The minimum atomic E-state index is -0.924. The summed E-state index contributed by atoms with van der Waals surface area (Å²) in [7, 11) is 0. The van der Waals surface area contributed by atoms with Crippen molar-refractivity contribution in [2.45, 2.75) is 31.6 Å². The smallest absolute Gasteiger partial charge is 0.352 e. The number of aromatic nitrogens is 2. The van der Waals surface area contributed by atoms with Crippen molar-refractivity contribution in [3.05, 3.63) is 16.8 Å². The number of nitrogens with zero attached hydrogens (tertiary/aromatic N) is 1. The predicted molar refractivity (Wildman–Crippen MR) is 62.1 cm³/mol. The number of fused-ring (bicyclic) bond motifs is 1. The molecule has 2 heterocycles. The van der Waals surface area contributed by atoms with Crippen LogP contribution in [0.15, 0.2) is 6.07 Å². The maximum absolute atomic E-state index is 10.8. The number of rotatable bonds is 2. The van der Waals surface area contributed by atoms with E-state index in [0.717, 1.165) is 15.4 Å². The van der Waals surface area contributed by atoms with Gasteiger partial charge in [0.15, 0.2) is 0 Å².